The molecule has 1 aromatic rings. The van der Waals surface area contributed by atoms with Gasteiger partial charge >= 0.3 is 6.18 Å². The number of alkyl halides is 3. The van der Waals surface area contributed by atoms with Crippen LogP contribution >= 0.6 is 24.0 Å². The van der Waals surface area contributed by atoms with Gasteiger partial charge in [0, 0.05) is 12.7 Å². The van der Waals surface area contributed by atoms with Crippen molar-refractivity contribution in [2.75, 3.05) is 13.1 Å². The molecule has 100 valence electrons. The van der Waals surface area contributed by atoms with Crippen LogP contribution in [0.25, 0.3) is 5.57 Å². The maximum absolute atomic E-state index is 12.4. The van der Waals surface area contributed by atoms with Crippen LogP contribution in [0, 0.1) is 0 Å². The topological polar surface area (TPSA) is 24.9 Å². The molecule has 2 nitrogen and oxygen atoms in total. The van der Waals surface area contributed by atoms with E-state index in [1.54, 1.807) is 0 Å². The molecule has 1 aromatic heterocycles. The first-order chi connectivity index (χ1) is 7.98. The third kappa shape index (κ3) is 3.37. The standard InChI is InChI=1S/C11H10ClF3N2.ClH/c12-9-5-8(11(13,14)15)6-17-10(9)7-1-3-16-4-2-7;/h1,5-6,16H,2-4H2;1H. The Morgan fingerprint density at radius 2 is 2.06 bits per heavy atom. The maximum atomic E-state index is 12.4. The Labute approximate surface area is 114 Å². The molecule has 2 heterocycles. The van der Waals surface area contributed by atoms with Crippen molar-refractivity contribution in [2.45, 2.75) is 12.6 Å². The van der Waals surface area contributed by atoms with E-state index in [0.717, 1.165) is 30.8 Å². The molecule has 0 spiro atoms. The summed E-state index contributed by atoms with van der Waals surface area (Å²) in [6.07, 6.45) is -0.967. The van der Waals surface area contributed by atoms with E-state index in [1.165, 1.54) is 0 Å². The van der Waals surface area contributed by atoms with Crippen molar-refractivity contribution >= 4 is 29.6 Å². The van der Waals surface area contributed by atoms with Gasteiger partial charge in [-0.3, -0.25) is 4.98 Å². The van der Waals surface area contributed by atoms with Crippen LogP contribution in [0.2, 0.25) is 5.02 Å². The molecule has 0 unspecified atom stereocenters. The van der Waals surface area contributed by atoms with E-state index in [9.17, 15) is 13.2 Å². The average molecular weight is 299 g/mol. The molecule has 0 fully saturated rings. The Morgan fingerprint density at radius 3 is 2.56 bits per heavy atom. The lowest BCUT2D eigenvalue weighted by atomic mass is 10.0. The van der Waals surface area contributed by atoms with Crippen molar-refractivity contribution in [3.05, 3.63) is 34.6 Å². The SMILES string of the molecule is Cl.FC(F)(F)c1cnc(C2=CCNCC2)c(Cl)c1. The zero-order valence-electron chi connectivity index (χ0n) is 9.22. The molecule has 1 N–H and O–H groups in total. The van der Waals surface area contributed by atoms with Gasteiger partial charge in [-0.2, -0.15) is 13.2 Å². The van der Waals surface area contributed by atoms with Crippen molar-refractivity contribution in [3.63, 3.8) is 0 Å². The fraction of sp³-hybridized carbons (Fsp3) is 0.364. The molecule has 0 aliphatic carbocycles. The summed E-state index contributed by atoms with van der Waals surface area (Å²) >= 11 is 5.85. The predicted octanol–water partition coefficient (Wildman–Crippen LogP) is 3.55. The third-order valence-corrected chi connectivity index (χ3v) is 2.82. The number of rotatable bonds is 1. The summed E-state index contributed by atoms with van der Waals surface area (Å²) in [5, 5.41) is 3.16. The van der Waals surface area contributed by atoms with Crippen LogP contribution in [0.5, 0.6) is 0 Å². The van der Waals surface area contributed by atoms with Gasteiger partial charge in [-0.05, 0) is 24.6 Å². The number of halogens is 5. The highest BCUT2D eigenvalue weighted by atomic mass is 35.5. The highest BCUT2D eigenvalue weighted by Gasteiger charge is 2.31. The van der Waals surface area contributed by atoms with Gasteiger partial charge in [-0.15, -0.1) is 12.4 Å². The average Bonchev–Trinajstić information content (AvgIpc) is 2.29. The fourth-order valence-electron chi connectivity index (χ4n) is 1.67. The van der Waals surface area contributed by atoms with Crippen LogP contribution in [0.1, 0.15) is 17.7 Å². The summed E-state index contributed by atoms with van der Waals surface area (Å²) in [6, 6.07) is 0.923. The molecule has 0 radical (unpaired) electrons. The number of hydrogen-bond acceptors (Lipinski definition) is 2. The second kappa shape index (κ2) is 5.91. The number of aromatic nitrogens is 1. The number of hydrogen-bond donors (Lipinski definition) is 1. The highest BCUT2D eigenvalue weighted by molar-refractivity contribution is 6.32. The molecule has 0 saturated heterocycles. The first-order valence-corrected chi connectivity index (χ1v) is 5.49. The first kappa shape index (κ1) is 15.3. The molecule has 0 amide bonds. The molecule has 0 bridgehead atoms. The normalized spacial score (nSPS) is 15.9. The molecule has 0 saturated carbocycles. The maximum Gasteiger partial charge on any atom is 0.417 e. The molecule has 1 aliphatic heterocycles. The zero-order valence-corrected chi connectivity index (χ0v) is 10.8. The van der Waals surface area contributed by atoms with Crippen LogP contribution in [0.4, 0.5) is 13.2 Å². The van der Waals surface area contributed by atoms with Crippen molar-refractivity contribution in [3.8, 4) is 0 Å². The molecule has 0 atom stereocenters. The Balaban J connectivity index is 0.00000162. The van der Waals surface area contributed by atoms with Crippen LogP contribution in [0.3, 0.4) is 0 Å². The molecule has 7 heteroatoms. The lowest BCUT2D eigenvalue weighted by molar-refractivity contribution is -0.137. The Bertz CT molecular complexity index is 458. The summed E-state index contributed by atoms with van der Waals surface area (Å²) in [4.78, 5) is 3.82. The largest absolute Gasteiger partial charge is 0.417 e. The van der Waals surface area contributed by atoms with E-state index in [2.05, 4.69) is 10.3 Å². The number of nitrogens with one attached hydrogen (secondary N) is 1. The van der Waals surface area contributed by atoms with Crippen molar-refractivity contribution < 1.29 is 13.2 Å². The third-order valence-electron chi connectivity index (χ3n) is 2.54. The summed E-state index contributed by atoms with van der Waals surface area (Å²) in [6.45, 7) is 1.47. The Morgan fingerprint density at radius 1 is 1.33 bits per heavy atom. The summed E-state index contributed by atoms with van der Waals surface area (Å²) in [7, 11) is 0. The minimum Gasteiger partial charge on any atom is -0.313 e. The van der Waals surface area contributed by atoms with Gasteiger partial charge in [0.1, 0.15) is 0 Å². The van der Waals surface area contributed by atoms with E-state index in [1.807, 2.05) is 6.08 Å². The highest BCUT2D eigenvalue weighted by Crippen LogP contribution is 2.33. The number of nitrogens with zero attached hydrogens (tertiary/aromatic N) is 1. The smallest absolute Gasteiger partial charge is 0.313 e. The second-order valence-electron chi connectivity index (χ2n) is 3.74. The second-order valence-corrected chi connectivity index (χ2v) is 4.14. The number of pyridine rings is 1. The van der Waals surface area contributed by atoms with Crippen LogP contribution in [-0.4, -0.2) is 18.1 Å². The lowest BCUT2D eigenvalue weighted by Crippen LogP contribution is -2.20. The van der Waals surface area contributed by atoms with E-state index in [0.29, 0.717) is 12.2 Å². The summed E-state index contributed by atoms with van der Waals surface area (Å²) in [5.41, 5.74) is 0.518. The quantitative estimate of drug-likeness (QED) is 0.858. The minimum atomic E-state index is -4.41. The fourth-order valence-corrected chi connectivity index (χ4v) is 1.95. The van der Waals surface area contributed by atoms with Gasteiger partial charge in [0.05, 0.1) is 16.3 Å². The molecule has 18 heavy (non-hydrogen) atoms. The van der Waals surface area contributed by atoms with E-state index >= 15 is 0 Å². The van der Waals surface area contributed by atoms with Gasteiger partial charge in [0.15, 0.2) is 0 Å². The van der Waals surface area contributed by atoms with Crippen LogP contribution < -0.4 is 5.32 Å². The summed E-state index contributed by atoms with van der Waals surface area (Å²) in [5.74, 6) is 0. The van der Waals surface area contributed by atoms with Gasteiger partial charge in [0.2, 0.25) is 0 Å². The van der Waals surface area contributed by atoms with Crippen molar-refractivity contribution in [1.29, 1.82) is 0 Å². The first-order valence-electron chi connectivity index (χ1n) is 5.11. The van der Waals surface area contributed by atoms with E-state index < -0.39 is 11.7 Å². The summed E-state index contributed by atoms with van der Waals surface area (Å²) < 4.78 is 37.3. The Kier molecular flexibility index (Phi) is 5.01. The predicted molar refractivity (Wildman–Crippen MR) is 67.0 cm³/mol. The van der Waals surface area contributed by atoms with Gasteiger partial charge < -0.3 is 5.32 Å². The van der Waals surface area contributed by atoms with Crippen LogP contribution in [0.15, 0.2) is 18.3 Å². The lowest BCUT2D eigenvalue weighted by Gasteiger charge is -2.15. The molecule has 1 aliphatic rings. The van der Waals surface area contributed by atoms with Gasteiger partial charge in [0.25, 0.3) is 0 Å². The van der Waals surface area contributed by atoms with Gasteiger partial charge in [-0.1, -0.05) is 17.7 Å². The Hall–Kier alpha value is -0.780. The molecule has 0 aromatic carbocycles. The molecular weight excluding hydrogens is 288 g/mol. The molecule has 2 rings (SSSR count). The molecular formula is C11H11Cl2F3N2. The van der Waals surface area contributed by atoms with Gasteiger partial charge in [-0.25, -0.2) is 0 Å². The zero-order chi connectivity index (χ0) is 12.5. The minimum absolute atomic E-state index is 0. The van der Waals surface area contributed by atoms with Crippen LogP contribution in [-0.2, 0) is 6.18 Å². The van der Waals surface area contributed by atoms with E-state index in [-0.39, 0.29) is 17.4 Å². The van der Waals surface area contributed by atoms with Crippen molar-refractivity contribution in [2.24, 2.45) is 0 Å². The van der Waals surface area contributed by atoms with E-state index in [4.69, 9.17) is 11.6 Å². The monoisotopic (exact) mass is 298 g/mol. The van der Waals surface area contributed by atoms with Crippen molar-refractivity contribution in [1.82, 2.24) is 10.3 Å².